The molecule has 1 amide bonds. The standard InChI is InChI=1S/C11H22FNO3/c1-8(6-11(5,12)7-14)13-9(15)16-10(2,3)4/h8,14H,6-7H2,1-5H3,(H,13,15). The van der Waals surface area contributed by atoms with Gasteiger partial charge >= 0.3 is 6.09 Å². The highest BCUT2D eigenvalue weighted by molar-refractivity contribution is 5.68. The second kappa shape index (κ2) is 5.48. The average molecular weight is 235 g/mol. The van der Waals surface area contributed by atoms with Gasteiger partial charge in [0, 0.05) is 12.5 Å². The molecule has 0 aromatic carbocycles. The van der Waals surface area contributed by atoms with E-state index in [4.69, 9.17) is 9.84 Å². The van der Waals surface area contributed by atoms with Gasteiger partial charge in [0.05, 0.1) is 6.61 Å². The van der Waals surface area contributed by atoms with Gasteiger partial charge in [-0.2, -0.15) is 0 Å². The van der Waals surface area contributed by atoms with Gasteiger partial charge in [-0.15, -0.1) is 0 Å². The number of nitrogens with one attached hydrogen (secondary N) is 1. The molecule has 0 heterocycles. The first-order valence-electron chi connectivity index (χ1n) is 5.35. The number of alkyl carbamates (subject to hydrolysis) is 1. The first kappa shape index (κ1) is 15.2. The molecule has 2 atom stereocenters. The number of carbonyl (C=O) groups excluding carboxylic acids is 1. The molecule has 0 fully saturated rings. The lowest BCUT2D eigenvalue weighted by atomic mass is 10.0. The lowest BCUT2D eigenvalue weighted by molar-refractivity contribution is 0.0436. The Morgan fingerprint density at radius 3 is 2.31 bits per heavy atom. The number of aliphatic hydroxyl groups excluding tert-OH is 1. The Bertz CT molecular complexity index is 236. The van der Waals surface area contributed by atoms with Crippen molar-refractivity contribution in [1.29, 1.82) is 0 Å². The molecule has 0 aliphatic heterocycles. The van der Waals surface area contributed by atoms with Crippen LogP contribution in [0.15, 0.2) is 0 Å². The molecule has 2 N–H and O–H groups in total. The van der Waals surface area contributed by atoms with E-state index < -0.39 is 30.0 Å². The van der Waals surface area contributed by atoms with Gasteiger partial charge in [0.15, 0.2) is 0 Å². The number of amides is 1. The molecule has 0 aliphatic carbocycles. The van der Waals surface area contributed by atoms with Gasteiger partial charge in [0.2, 0.25) is 0 Å². The quantitative estimate of drug-likeness (QED) is 0.783. The lowest BCUT2D eigenvalue weighted by Gasteiger charge is -2.25. The molecule has 96 valence electrons. The predicted octanol–water partition coefficient (Wildman–Crippen LogP) is 2.01. The molecule has 2 unspecified atom stereocenters. The molecular formula is C11H22FNO3. The average Bonchev–Trinajstić information content (AvgIpc) is 1.98. The molecule has 0 saturated heterocycles. The van der Waals surface area contributed by atoms with Gasteiger partial charge in [0.25, 0.3) is 0 Å². The number of halogens is 1. The number of hydrogen-bond acceptors (Lipinski definition) is 3. The van der Waals surface area contributed by atoms with Gasteiger partial charge in [-0.25, -0.2) is 9.18 Å². The molecule has 16 heavy (non-hydrogen) atoms. The Kier molecular flexibility index (Phi) is 5.19. The second-order valence-electron chi connectivity index (χ2n) is 5.32. The van der Waals surface area contributed by atoms with Crippen LogP contribution >= 0.6 is 0 Å². The molecule has 0 aromatic heterocycles. The van der Waals surface area contributed by atoms with Gasteiger partial charge in [-0.1, -0.05) is 0 Å². The number of alkyl halides is 1. The van der Waals surface area contributed by atoms with Gasteiger partial charge in [0.1, 0.15) is 11.3 Å². The highest BCUT2D eigenvalue weighted by Crippen LogP contribution is 2.17. The van der Waals surface area contributed by atoms with E-state index in [9.17, 15) is 9.18 Å². The second-order valence-corrected chi connectivity index (χ2v) is 5.32. The van der Waals surface area contributed by atoms with Crippen molar-refractivity contribution >= 4 is 6.09 Å². The summed E-state index contributed by atoms with van der Waals surface area (Å²) in [6.45, 7) is 7.66. The third-order valence-corrected chi connectivity index (χ3v) is 1.82. The summed E-state index contributed by atoms with van der Waals surface area (Å²) in [7, 11) is 0. The van der Waals surface area contributed by atoms with E-state index in [1.807, 2.05) is 0 Å². The van der Waals surface area contributed by atoms with E-state index in [1.54, 1.807) is 27.7 Å². The van der Waals surface area contributed by atoms with Crippen LogP contribution < -0.4 is 5.32 Å². The van der Waals surface area contributed by atoms with Crippen molar-refractivity contribution in [2.24, 2.45) is 0 Å². The Labute approximate surface area is 96.2 Å². The first-order valence-corrected chi connectivity index (χ1v) is 5.35. The Balaban J connectivity index is 4.06. The summed E-state index contributed by atoms with van der Waals surface area (Å²) in [5, 5.41) is 11.3. The van der Waals surface area contributed by atoms with Crippen molar-refractivity contribution in [3.05, 3.63) is 0 Å². The fraction of sp³-hybridized carbons (Fsp3) is 0.909. The Hall–Kier alpha value is -0.840. The minimum atomic E-state index is -1.69. The zero-order valence-electron chi connectivity index (χ0n) is 10.6. The topological polar surface area (TPSA) is 58.6 Å². The van der Waals surface area contributed by atoms with Crippen LogP contribution in [0.1, 0.15) is 41.0 Å². The molecule has 0 radical (unpaired) electrons. The minimum absolute atomic E-state index is 0.0444. The number of aliphatic hydroxyl groups is 1. The fourth-order valence-electron chi connectivity index (χ4n) is 1.26. The zero-order valence-corrected chi connectivity index (χ0v) is 10.6. The van der Waals surface area contributed by atoms with Crippen molar-refractivity contribution in [2.45, 2.75) is 58.4 Å². The van der Waals surface area contributed by atoms with Crippen molar-refractivity contribution in [3.8, 4) is 0 Å². The number of rotatable bonds is 4. The van der Waals surface area contributed by atoms with Crippen LogP contribution in [-0.2, 0) is 4.74 Å². The van der Waals surface area contributed by atoms with Gasteiger partial charge < -0.3 is 15.2 Å². The smallest absolute Gasteiger partial charge is 0.407 e. The van der Waals surface area contributed by atoms with Gasteiger partial charge in [-0.3, -0.25) is 0 Å². The van der Waals surface area contributed by atoms with Crippen LogP contribution in [0.25, 0.3) is 0 Å². The van der Waals surface area contributed by atoms with E-state index in [-0.39, 0.29) is 6.42 Å². The van der Waals surface area contributed by atoms with E-state index in [0.717, 1.165) is 0 Å². The van der Waals surface area contributed by atoms with E-state index >= 15 is 0 Å². The van der Waals surface area contributed by atoms with Crippen molar-refractivity contribution < 1.29 is 19.0 Å². The van der Waals surface area contributed by atoms with Crippen LogP contribution in [0.5, 0.6) is 0 Å². The highest BCUT2D eigenvalue weighted by Gasteiger charge is 2.26. The summed E-state index contributed by atoms with van der Waals surface area (Å²) in [5.41, 5.74) is -2.26. The maximum Gasteiger partial charge on any atom is 0.407 e. The SMILES string of the molecule is CC(CC(C)(F)CO)NC(=O)OC(C)(C)C. The molecule has 0 aliphatic rings. The fourth-order valence-corrected chi connectivity index (χ4v) is 1.26. The molecule has 4 nitrogen and oxygen atoms in total. The van der Waals surface area contributed by atoms with Crippen molar-refractivity contribution in [3.63, 3.8) is 0 Å². The van der Waals surface area contributed by atoms with Crippen LogP contribution in [0.4, 0.5) is 9.18 Å². The van der Waals surface area contributed by atoms with Crippen molar-refractivity contribution in [1.82, 2.24) is 5.32 Å². The summed E-state index contributed by atoms with van der Waals surface area (Å²) in [4.78, 5) is 11.3. The van der Waals surface area contributed by atoms with Crippen LogP contribution in [0, 0.1) is 0 Å². The van der Waals surface area contributed by atoms with Crippen LogP contribution in [-0.4, -0.2) is 35.1 Å². The van der Waals surface area contributed by atoms with Crippen LogP contribution in [0.2, 0.25) is 0 Å². The molecule has 0 aromatic rings. The zero-order chi connectivity index (χ0) is 13.0. The third kappa shape index (κ3) is 7.45. The largest absolute Gasteiger partial charge is 0.444 e. The summed E-state index contributed by atoms with van der Waals surface area (Å²) in [6.07, 6.45) is -0.531. The van der Waals surface area contributed by atoms with E-state index in [2.05, 4.69) is 5.32 Å². The Morgan fingerprint density at radius 1 is 1.44 bits per heavy atom. The monoisotopic (exact) mass is 235 g/mol. The predicted molar refractivity (Wildman–Crippen MR) is 60.0 cm³/mol. The maximum atomic E-state index is 13.4. The highest BCUT2D eigenvalue weighted by atomic mass is 19.1. The normalized spacial score (nSPS) is 17.4. The summed E-state index contributed by atoms with van der Waals surface area (Å²) in [5.74, 6) is 0. The first-order chi connectivity index (χ1) is 7.06. The summed E-state index contributed by atoms with van der Waals surface area (Å²) in [6, 6.07) is -0.392. The van der Waals surface area contributed by atoms with Crippen LogP contribution in [0.3, 0.4) is 0 Å². The molecular weight excluding hydrogens is 213 g/mol. The summed E-state index contributed by atoms with van der Waals surface area (Å²) >= 11 is 0. The lowest BCUT2D eigenvalue weighted by Crippen LogP contribution is -2.41. The van der Waals surface area contributed by atoms with E-state index in [1.165, 1.54) is 6.92 Å². The maximum absolute atomic E-state index is 13.4. The van der Waals surface area contributed by atoms with Gasteiger partial charge in [-0.05, 0) is 34.6 Å². The molecule has 0 bridgehead atoms. The molecule has 0 rings (SSSR count). The number of carbonyl (C=O) groups is 1. The number of hydrogen-bond donors (Lipinski definition) is 2. The Morgan fingerprint density at radius 2 is 1.94 bits per heavy atom. The molecule has 0 spiro atoms. The van der Waals surface area contributed by atoms with Crippen molar-refractivity contribution in [2.75, 3.05) is 6.61 Å². The summed E-state index contributed by atoms with van der Waals surface area (Å²) < 4.78 is 18.4. The number of ether oxygens (including phenoxy) is 1. The minimum Gasteiger partial charge on any atom is -0.444 e. The van der Waals surface area contributed by atoms with E-state index in [0.29, 0.717) is 0 Å². The third-order valence-electron chi connectivity index (χ3n) is 1.82. The molecule has 5 heteroatoms. The molecule has 0 saturated carbocycles.